The summed E-state index contributed by atoms with van der Waals surface area (Å²) in [5.41, 5.74) is 0.995. The van der Waals surface area contributed by atoms with Crippen LogP contribution in [0.2, 0.25) is 0 Å². The monoisotopic (exact) mass is 297 g/mol. The lowest BCUT2D eigenvalue weighted by Gasteiger charge is -2.10. The Morgan fingerprint density at radius 3 is 2.50 bits per heavy atom. The van der Waals surface area contributed by atoms with Gasteiger partial charge in [0.15, 0.2) is 0 Å². The lowest BCUT2D eigenvalue weighted by atomic mass is 10.2. The molecule has 0 spiro atoms. The van der Waals surface area contributed by atoms with E-state index in [0.717, 1.165) is 5.56 Å². The van der Waals surface area contributed by atoms with Crippen molar-refractivity contribution in [1.29, 1.82) is 0 Å². The van der Waals surface area contributed by atoms with Crippen LogP contribution in [-0.2, 0) is 19.6 Å². The molecule has 0 aliphatic rings. The van der Waals surface area contributed by atoms with Crippen LogP contribution in [0.5, 0.6) is 0 Å². The molecule has 0 aliphatic heterocycles. The summed E-state index contributed by atoms with van der Waals surface area (Å²) in [5, 5.41) is 0. The molecule has 20 heavy (non-hydrogen) atoms. The Bertz CT molecular complexity index is 576. The first kappa shape index (κ1) is 16.4. The third-order valence-corrected chi connectivity index (χ3v) is 4.18. The molecule has 110 valence electrons. The Morgan fingerprint density at radius 2 is 1.95 bits per heavy atom. The SMILES string of the molecule is COC(=O)C/C=C/[C@H](C)NS(=O)(=O)c1ccc(C)cc1. The van der Waals surface area contributed by atoms with Crippen molar-refractivity contribution in [3.8, 4) is 0 Å². The molecule has 0 aliphatic carbocycles. The highest BCUT2D eigenvalue weighted by Crippen LogP contribution is 2.10. The highest BCUT2D eigenvalue weighted by molar-refractivity contribution is 7.89. The molecule has 1 N–H and O–H groups in total. The van der Waals surface area contributed by atoms with Gasteiger partial charge in [-0.1, -0.05) is 29.8 Å². The van der Waals surface area contributed by atoms with Crippen LogP contribution in [0.15, 0.2) is 41.3 Å². The van der Waals surface area contributed by atoms with Gasteiger partial charge >= 0.3 is 5.97 Å². The Labute approximate surface area is 119 Å². The molecule has 0 heterocycles. The van der Waals surface area contributed by atoms with Crippen LogP contribution >= 0.6 is 0 Å². The molecular formula is C14H19NO4S. The van der Waals surface area contributed by atoms with E-state index < -0.39 is 16.1 Å². The van der Waals surface area contributed by atoms with Crippen LogP contribution < -0.4 is 4.72 Å². The Balaban J connectivity index is 2.66. The van der Waals surface area contributed by atoms with Crippen LogP contribution in [0.3, 0.4) is 0 Å². The fraction of sp³-hybridized carbons (Fsp3) is 0.357. The van der Waals surface area contributed by atoms with E-state index >= 15 is 0 Å². The zero-order valence-electron chi connectivity index (χ0n) is 11.8. The summed E-state index contributed by atoms with van der Waals surface area (Å²) in [5.74, 6) is -0.366. The summed E-state index contributed by atoms with van der Waals surface area (Å²) in [4.78, 5) is 11.1. The number of carbonyl (C=O) groups excluding carboxylic acids is 1. The molecule has 5 nitrogen and oxygen atoms in total. The van der Waals surface area contributed by atoms with Gasteiger partial charge in [0.25, 0.3) is 0 Å². The van der Waals surface area contributed by atoms with Gasteiger partial charge in [0.1, 0.15) is 0 Å². The number of methoxy groups -OCH3 is 1. The van der Waals surface area contributed by atoms with E-state index in [0.29, 0.717) is 0 Å². The van der Waals surface area contributed by atoms with E-state index in [1.54, 1.807) is 43.3 Å². The summed E-state index contributed by atoms with van der Waals surface area (Å²) in [6, 6.07) is 6.19. The van der Waals surface area contributed by atoms with Crippen molar-refractivity contribution in [2.24, 2.45) is 0 Å². The molecule has 0 amide bonds. The summed E-state index contributed by atoms with van der Waals surface area (Å²) in [6.45, 7) is 3.58. The maximum atomic E-state index is 12.1. The molecular weight excluding hydrogens is 278 g/mol. The number of benzene rings is 1. The lowest BCUT2D eigenvalue weighted by molar-refractivity contribution is -0.139. The lowest BCUT2D eigenvalue weighted by Crippen LogP contribution is -2.31. The van der Waals surface area contributed by atoms with Crippen molar-refractivity contribution < 1.29 is 17.9 Å². The first-order valence-corrected chi connectivity index (χ1v) is 7.66. The molecule has 0 radical (unpaired) electrons. The topological polar surface area (TPSA) is 72.5 Å². The number of nitrogens with one attached hydrogen (secondary N) is 1. The van der Waals surface area contributed by atoms with Crippen LogP contribution in [0.4, 0.5) is 0 Å². The first-order chi connectivity index (χ1) is 9.35. The fourth-order valence-corrected chi connectivity index (χ4v) is 2.72. The summed E-state index contributed by atoms with van der Waals surface area (Å²) >= 11 is 0. The number of rotatable bonds is 6. The Kier molecular flexibility index (Phi) is 5.91. The van der Waals surface area contributed by atoms with Crippen molar-refractivity contribution in [2.45, 2.75) is 31.2 Å². The number of aryl methyl sites for hydroxylation is 1. The minimum Gasteiger partial charge on any atom is -0.469 e. The highest BCUT2D eigenvalue weighted by atomic mass is 32.2. The Hall–Kier alpha value is -1.66. The van der Waals surface area contributed by atoms with Gasteiger partial charge in [-0.15, -0.1) is 0 Å². The smallest absolute Gasteiger partial charge is 0.309 e. The van der Waals surface area contributed by atoms with Gasteiger partial charge in [-0.25, -0.2) is 13.1 Å². The second-order valence-electron chi connectivity index (χ2n) is 4.43. The first-order valence-electron chi connectivity index (χ1n) is 6.17. The maximum absolute atomic E-state index is 12.1. The molecule has 1 aromatic carbocycles. The zero-order valence-corrected chi connectivity index (χ0v) is 12.6. The summed E-state index contributed by atoms with van der Waals surface area (Å²) < 4.78 is 31.1. The second-order valence-corrected chi connectivity index (χ2v) is 6.15. The van der Waals surface area contributed by atoms with Gasteiger partial charge in [-0.3, -0.25) is 4.79 Å². The molecule has 0 aromatic heterocycles. The van der Waals surface area contributed by atoms with Crippen LogP contribution in [0, 0.1) is 6.92 Å². The van der Waals surface area contributed by atoms with Gasteiger partial charge in [-0.2, -0.15) is 0 Å². The van der Waals surface area contributed by atoms with Gasteiger partial charge in [0.05, 0.1) is 18.4 Å². The van der Waals surface area contributed by atoms with Gasteiger partial charge in [0, 0.05) is 6.04 Å². The number of ether oxygens (including phenoxy) is 1. The van der Waals surface area contributed by atoms with Crippen LogP contribution in [-0.4, -0.2) is 27.5 Å². The fourth-order valence-electron chi connectivity index (χ4n) is 1.52. The number of esters is 1. The van der Waals surface area contributed by atoms with E-state index in [2.05, 4.69) is 9.46 Å². The molecule has 0 saturated heterocycles. The third-order valence-electron chi connectivity index (χ3n) is 2.61. The summed E-state index contributed by atoms with van der Waals surface area (Å²) in [7, 11) is -2.24. The van der Waals surface area contributed by atoms with Crippen molar-refractivity contribution >= 4 is 16.0 Å². The van der Waals surface area contributed by atoms with Crippen LogP contribution in [0.25, 0.3) is 0 Å². The van der Waals surface area contributed by atoms with E-state index in [4.69, 9.17) is 0 Å². The third kappa shape index (κ3) is 5.14. The predicted molar refractivity (Wildman–Crippen MR) is 76.7 cm³/mol. The number of sulfonamides is 1. The van der Waals surface area contributed by atoms with Gasteiger partial charge < -0.3 is 4.74 Å². The van der Waals surface area contributed by atoms with E-state index in [9.17, 15) is 13.2 Å². The van der Waals surface area contributed by atoms with Crippen molar-refractivity contribution in [1.82, 2.24) is 4.72 Å². The highest BCUT2D eigenvalue weighted by Gasteiger charge is 2.15. The average Bonchev–Trinajstić information content (AvgIpc) is 2.38. The second kappa shape index (κ2) is 7.21. The van der Waals surface area contributed by atoms with Gasteiger partial charge in [0.2, 0.25) is 10.0 Å². The number of carbonyl (C=O) groups is 1. The van der Waals surface area contributed by atoms with Crippen molar-refractivity contribution in [3.05, 3.63) is 42.0 Å². The largest absolute Gasteiger partial charge is 0.469 e. The average molecular weight is 297 g/mol. The minimum atomic E-state index is -3.55. The maximum Gasteiger partial charge on any atom is 0.309 e. The van der Waals surface area contributed by atoms with Gasteiger partial charge in [-0.05, 0) is 26.0 Å². The zero-order chi connectivity index (χ0) is 15.2. The molecule has 6 heteroatoms. The van der Waals surface area contributed by atoms with Crippen LogP contribution in [0.1, 0.15) is 18.9 Å². The predicted octanol–water partition coefficient (Wildman–Crippen LogP) is 1.78. The molecule has 0 fully saturated rings. The quantitative estimate of drug-likeness (QED) is 0.641. The van der Waals surface area contributed by atoms with E-state index in [-0.39, 0.29) is 17.3 Å². The molecule has 1 atom stereocenters. The van der Waals surface area contributed by atoms with E-state index in [1.165, 1.54) is 7.11 Å². The minimum absolute atomic E-state index is 0.118. The number of hydrogen-bond donors (Lipinski definition) is 1. The normalized spacial score (nSPS) is 13.3. The van der Waals surface area contributed by atoms with E-state index in [1.807, 2.05) is 6.92 Å². The standard InChI is InChI=1S/C14H19NO4S/c1-11-7-9-13(10-8-11)20(17,18)15-12(2)5-4-6-14(16)19-3/h4-5,7-10,12,15H,6H2,1-3H3/b5-4+/t12-/m0/s1. The Morgan fingerprint density at radius 1 is 1.35 bits per heavy atom. The molecule has 0 saturated carbocycles. The number of hydrogen-bond acceptors (Lipinski definition) is 4. The summed E-state index contributed by atoms with van der Waals surface area (Å²) in [6.07, 6.45) is 3.31. The molecule has 0 bridgehead atoms. The molecule has 1 aromatic rings. The molecule has 1 rings (SSSR count). The van der Waals surface area contributed by atoms with Crippen molar-refractivity contribution in [2.75, 3.05) is 7.11 Å². The molecule has 0 unspecified atom stereocenters. The van der Waals surface area contributed by atoms with Crippen molar-refractivity contribution in [3.63, 3.8) is 0 Å².